The van der Waals surface area contributed by atoms with Gasteiger partial charge in [-0.25, -0.2) is 0 Å². The van der Waals surface area contributed by atoms with Crippen LogP contribution in [0.15, 0.2) is 5.16 Å². The van der Waals surface area contributed by atoms with Crippen molar-refractivity contribution in [2.75, 3.05) is 20.8 Å². The summed E-state index contributed by atoms with van der Waals surface area (Å²) in [6, 6.07) is -0.0435. The van der Waals surface area contributed by atoms with Crippen LogP contribution in [0.2, 0.25) is 0 Å². The number of amides is 1. The van der Waals surface area contributed by atoms with Crippen LogP contribution in [-0.4, -0.2) is 48.7 Å². The fourth-order valence-corrected chi connectivity index (χ4v) is 1.40. The Morgan fingerprint density at radius 3 is 2.56 bits per heavy atom. The lowest BCUT2D eigenvalue weighted by Gasteiger charge is -2.27. The molecule has 0 aromatic heterocycles. The smallest absolute Gasteiger partial charge is 0.233 e. The van der Waals surface area contributed by atoms with Crippen LogP contribution in [0.4, 0.5) is 0 Å². The van der Waals surface area contributed by atoms with E-state index >= 15 is 0 Å². The summed E-state index contributed by atoms with van der Waals surface area (Å²) in [5, 5.41) is 11.5. The van der Waals surface area contributed by atoms with Crippen LogP contribution in [0.25, 0.3) is 0 Å². The van der Waals surface area contributed by atoms with Crippen molar-refractivity contribution < 1.29 is 14.7 Å². The zero-order chi connectivity index (χ0) is 12.7. The molecule has 0 aromatic carbocycles. The van der Waals surface area contributed by atoms with E-state index in [1.54, 1.807) is 19.1 Å². The SMILES string of the molecule is CCC(C(=O)N(C)C(C)COC)C(N)=NO. The number of nitrogens with zero attached hydrogens (tertiary/aromatic N) is 2. The predicted molar refractivity (Wildman–Crippen MR) is 61.3 cm³/mol. The third-order valence-corrected chi connectivity index (χ3v) is 2.60. The van der Waals surface area contributed by atoms with Crippen molar-refractivity contribution >= 4 is 11.7 Å². The van der Waals surface area contributed by atoms with E-state index in [9.17, 15) is 4.79 Å². The molecule has 0 saturated heterocycles. The number of amidine groups is 1. The molecule has 0 aliphatic carbocycles. The third-order valence-electron chi connectivity index (χ3n) is 2.60. The molecule has 0 heterocycles. The molecule has 2 atom stereocenters. The lowest BCUT2D eigenvalue weighted by atomic mass is 10.0. The first-order valence-corrected chi connectivity index (χ1v) is 5.22. The maximum Gasteiger partial charge on any atom is 0.233 e. The van der Waals surface area contributed by atoms with Crippen molar-refractivity contribution in [2.45, 2.75) is 26.3 Å². The first kappa shape index (κ1) is 14.7. The summed E-state index contributed by atoms with van der Waals surface area (Å²) < 4.78 is 4.97. The van der Waals surface area contributed by atoms with Gasteiger partial charge in [0.25, 0.3) is 0 Å². The normalized spacial score (nSPS) is 15.6. The Bertz CT molecular complexity index is 256. The number of hydrogen-bond donors (Lipinski definition) is 2. The van der Waals surface area contributed by atoms with Gasteiger partial charge < -0.3 is 20.6 Å². The van der Waals surface area contributed by atoms with Crippen LogP contribution in [0, 0.1) is 5.92 Å². The number of methoxy groups -OCH3 is 1. The molecular weight excluding hydrogens is 210 g/mol. The Morgan fingerprint density at radius 1 is 1.62 bits per heavy atom. The summed E-state index contributed by atoms with van der Waals surface area (Å²) >= 11 is 0. The molecule has 0 bridgehead atoms. The number of rotatable bonds is 6. The Labute approximate surface area is 96.0 Å². The van der Waals surface area contributed by atoms with Crippen molar-refractivity contribution in [1.29, 1.82) is 0 Å². The minimum absolute atomic E-state index is 0.0435. The van der Waals surface area contributed by atoms with E-state index in [0.29, 0.717) is 13.0 Å². The average Bonchev–Trinajstić information content (AvgIpc) is 2.28. The molecule has 3 N–H and O–H groups in total. The van der Waals surface area contributed by atoms with Crippen molar-refractivity contribution in [3.63, 3.8) is 0 Å². The molecule has 6 heteroatoms. The molecule has 94 valence electrons. The van der Waals surface area contributed by atoms with Gasteiger partial charge in [0.1, 0.15) is 0 Å². The summed E-state index contributed by atoms with van der Waals surface area (Å²) in [6.45, 7) is 4.14. The highest BCUT2D eigenvalue weighted by molar-refractivity contribution is 6.02. The van der Waals surface area contributed by atoms with E-state index in [0.717, 1.165) is 0 Å². The van der Waals surface area contributed by atoms with Crippen LogP contribution >= 0.6 is 0 Å². The Morgan fingerprint density at radius 2 is 2.19 bits per heavy atom. The van der Waals surface area contributed by atoms with E-state index in [1.165, 1.54) is 0 Å². The number of nitrogens with two attached hydrogens (primary N) is 1. The van der Waals surface area contributed by atoms with E-state index in [2.05, 4.69) is 5.16 Å². The van der Waals surface area contributed by atoms with Crippen LogP contribution in [0.1, 0.15) is 20.3 Å². The Kier molecular flexibility index (Phi) is 6.48. The molecule has 2 unspecified atom stereocenters. The van der Waals surface area contributed by atoms with Gasteiger partial charge in [-0.05, 0) is 13.3 Å². The zero-order valence-corrected chi connectivity index (χ0v) is 10.3. The second-order valence-corrected chi connectivity index (χ2v) is 3.74. The molecule has 0 aromatic rings. The maximum atomic E-state index is 12.0. The molecule has 0 fully saturated rings. The van der Waals surface area contributed by atoms with Crippen molar-refractivity contribution in [3.8, 4) is 0 Å². The van der Waals surface area contributed by atoms with Gasteiger partial charge in [0.15, 0.2) is 5.84 Å². The van der Waals surface area contributed by atoms with Crippen molar-refractivity contribution in [2.24, 2.45) is 16.8 Å². The summed E-state index contributed by atoms with van der Waals surface area (Å²) in [5.74, 6) is -0.791. The van der Waals surface area contributed by atoms with Crippen LogP contribution in [0.5, 0.6) is 0 Å². The fourth-order valence-electron chi connectivity index (χ4n) is 1.40. The molecule has 0 saturated carbocycles. The summed E-state index contributed by atoms with van der Waals surface area (Å²) in [4.78, 5) is 13.5. The molecule has 1 amide bonds. The number of hydrogen-bond acceptors (Lipinski definition) is 4. The van der Waals surface area contributed by atoms with Gasteiger partial charge in [-0.1, -0.05) is 12.1 Å². The summed E-state index contributed by atoms with van der Waals surface area (Å²) in [7, 11) is 3.26. The van der Waals surface area contributed by atoms with Gasteiger partial charge in [-0.15, -0.1) is 0 Å². The Balaban J connectivity index is 4.62. The topological polar surface area (TPSA) is 88.2 Å². The summed E-state index contributed by atoms with van der Waals surface area (Å²) in [5.41, 5.74) is 5.46. The highest BCUT2D eigenvalue weighted by Gasteiger charge is 2.26. The first-order chi connectivity index (χ1) is 7.49. The van der Waals surface area contributed by atoms with E-state index in [-0.39, 0.29) is 17.8 Å². The lowest BCUT2D eigenvalue weighted by molar-refractivity contribution is -0.134. The first-order valence-electron chi connectivity index (χ1n) is 5.22. The largest absolute Gasteiger partial charge is 0.409 e. The standard InChI is InChI=1S/C10H21N3O3/c1-5-8(9(11)12-15)10(14)13(3)7(2)6-16-4/h7-8,15H,5-6H2,1-4H3,(H2,11,12). The average molecular weight is 231 g/mol. The molecule has 0 aliphatic heterocycles. The second-order valence-electron chi connectivity index (χ2n) is 3.74. The molecule has 0 aliphatic rings. The van der Waals surface area contributed by atoms with Gasteiger partial charge in [-0.3, -0.25) is 4.79 Å². The third kappa shape index (κ3) is 3.69. The minimum Gasteiger partial charge on any atom is -0.409 e. The van der Waals surface area contributed by atoms with Gasteiger partial charge in [0.2, 0.25) is 5.91 Å². The predicted octanol–water partition coefficient (Wildman–Crippen LogP) is 0.252. The molecule has 16 heavy (non-hydrogen) atoms. The highest BCUT2D eigenvalue weighted by atomic mass is 16.5. The molecule has 0 rings (SSSR count). The minimum atomic E-state index is -0.575. The van der Waals surface area contributed by atoms with Gasteiger partial charge in [-0.2, -0.15) is 0 Å². The van der Waals surface area contributed by atoms with Crippen molar-refractivity contribution in [1.82, 2.24) is 4.90 Å². The van der Waals surface area contributed by atoms with Crippen molar-refractivity contribution in [3.05, 3.63) is 0 Å². The highest BCUT2D eigenvalue weighted by Crippen LogP contribution is 2.09. The van der Waals surface area contributed by atoms with Gasteiger partial charge in [0, 0.05) is 14.2 Å². The van der Waals surface area contributed by atoms with Crippen LogP contribution in [-0.2, 0) is 9.53 Å². The second kappa shape index (κ2) is 7.05. The van der Waals surface area contributed by atoms with Crippen LogP contribution in [0.3, 0.4) is 0 Å². The number of ether oxygens (including phenoxy) is 1. The van der Waals surface area contributed by atoms with Gasteiger partial charge >= 0.3 is 0 Å². The zero-order valence-electron chi connectivity index (χ0n) is 10.3. The molecule has 0 radical (unpaired) electrons. The monoisotopic (exact) mass is 231 g/mol. The number of oxime groups is 1. The van der Waals surface area contributed by atoms with Crippen LogP contribution < -0.4 is 5.73 Å². The molecular formula is C10H21N3O3. The molecule has 0 spiro atoms. The van der Waals surface area contributed by atoms with E-state index in [4.69, 9.17) is 15.7 Å². The maximum absolute atomic E-state index is 12.0. The summed E-state index contributed by atoms with van der Waals surface area (Å²) in [6.07, 6.45) is 0.499. The number of carbonyl (C=O) groups is 1. The molecule has 6 nitrogen and oxygen atoms in total. The fraction of sp³-hybridized carbons (Fsp3) is 0.800. The van der Waals surface area contributed by atoms with E-state index in [1.807, 2.05) is 13.8 Å². The number of likely N-dealkylation sites (N-methyl/N-ethyl adjacent to an activating group) is 1. The lowest BCUT2D eigenvalue weighted by Crippen LogP contribution is -2.45. The number of carbonyl (C=O) groups excluding carboxylic acids is 1. The van der Waals surface area contributed by atoms with E-state index < -0.39 is 5.92 Å². The Hall–Kier alpha value is -1.30. The quantitative estimate of drug-likeness (QED) is 0.297. The van der Waals surface area contributed by atoms with Gasteiger partial charge in [0.05, 0.1) is 18.6 Å².